The Morgan fingerprint density at radius 1 is 1.08 bits per heavy atom. The van der Waals surface area contributed by atoms with Gasteiger partial charge in [-0.25, -0.2) is 13.8 Å². The van der Waals surface area contributed by atoms with Gasteiger partial charge in [-0.05, 0) is 60.2 Å². The van der Waals surface area contributed by atoms with E-state index in [0.29, 0.717) is 28.1 Å². The standard InChI is InChI=1S/C26H20F2N6O3/c1-33-25-16(13-31-33)11-20(26(36)34(25)19-5-2-17(27)3-6-19)24(35)32-18-4-7-22(21(28)12-18)37-14-15-8-9-30-23(29)10-15/h2-13H,14H2,1H3,(H2,29,30)(H,32,35). The smallest absolute Gasteiger partial charge is 0.269 e. The first-order valence-corrected chi connectivity index (χ1v) is 11.1. The molecular formula is C26H20F2N6O3. The maximum Gasteiger partial charge on any atom is 0.269 e. The van der Waals surface area contributed by atoms with Gasteiger partial charge in [0.1, 0.15) is 29.5 Å². The Hall–Kier alpha value is -5.06. The van der Waals surface area contributed by atoms with E-state index in [1.807, 2.05) is 0 Å². The van der Waals surface area contributed by atoms with Crippen molar-refractivity contribution in [2.45, 2.75) is 6.61 Å². The van der Waals surface area contributed by atoms with Crippen LogP contribution in [0.4, 0.5) is 20.3 Å². The summed E-state index contributed by atoms with van der Waals surface area (Å²) in [6.45, 7) is 0.0728. The van der Waals surface area contributed by atoms with Crippen LogP contribution in [-0.2, 0) is 13.7 Å². The van der Waals surface area contributed by atoms with Gasteiger partial charge in [0.15, 0.2) is 11.6 Å². The first kappa shape index (κ1) is 23.7. The molecule has 5 rings (SSSR count). The van der Waals surface area contributed by atoms with E-state index in [2.05, 4.69) is 15.4 Å². The summed E-state index contributed by atoms with van der Waals surface area (Å²) in [5, 5.41) is 7.23. The highest BCUT2D eigenvalue weighted by Gasteiger charge is 2.20. The summed E-state index contributed by atoms with van der Waals surface area (Å²) in [5.74, 6) is -1.61. The molecule has 1 amide bonds. The Kier molecular flexibility index (Phi) is 6.10. The maximum atomic E-state index is 14.7. The van der Waals surface area contributed by atoms with Crippen molar-refractivity contribution in [2.24, 2.45) is 7.05 Å². The average molecular weight is 502 g/mol. The van der Waals surface area contributed by atoms with Gasteiger partial charge in [-0.15, -0.1) is 0 Å². The van der Waals surface area contributed by atoms with Crippen LogP contribution in [0.3, 0.4) is 0 Å². The molecule has 186 valence electrons. The third-order valence-electron chi connectivity index (χ3n) is 5.64. The van der Waals surface area contributed by atoms with Crippen molar-refractivity contribution in [3.05, 3.63) is 106 Å². The Balaban J connectivity index is 1.42. The normalized spacial score (nSPS) is 11.0. The minimum atomic E-state index is -0.744. The molecule has 0 aliphatic carbocycles. The number of ether oxygens (including phenoxy) is 1. The highest BCUT2D eigenvalue weighted by Crippen LogP contribution is 2.23. The Bertz CT molecular complexity index is 1700. The lowest BCUT2D eigenvalue weighted by Crippen LogP contribution is -2.29. The fourth-order valence-corrected chi connectivity index (χ4v) is 3.89. The number of aryl methyl sites for hydroxylation is 1. The van der Waals surface area contributed by atoms with Crippen LogP contribution in [0.1, 0.15) is 15.9 Å². The zero-order valence-electron chi connectivity index (χ0n) is 19.5. The number of hydrogen-bond donors (Lipinski definition) is 2. The quantitative estimate of drug-likeness (QED) is 0.365. The fourth-order valence-electron chi connectivity index (χ4n) is 3.89. The molecule has 9 nitrogen and oxygen atoms in total. The van der Waals surface area contributed by atoms with Gasteiger partial charge < -0.3 is 15.8 Å². The number of fused-ring (bicyclic) bond motifs is 1. The van der Waals surface area contributed by atoms with Crippen molar-refractivity contribution in [1.29, 1.82) is 0 Å². The maximum absolute atomic E-state index is 14.7. The number of hydrogen-bond acceptors (Lipinski definition) is 6. The second-order valence-electron chi connectivity index (χ2n) is 8.20. The molecule has 11 heteroatoms. The number of anilines is 2. The van der Waals surface area contributed by atoms with Crippen molar-refractivity contribution in [3.8, 4) is 11.4 Å². The number of nitrogen functional groups attached to an aromatic ring is 1. The SMILES string of the molecule is Cn1ncc2cc(C(=O)Nc3ccc(OCc4ccnc(N)c4)c(F)c3)c(=O)n(-c3ccc(F)cc3)c21. The molecular weight excluding hydrogens is 482 g/mol. The highest BCUT2D eigenvalue weighted by molar-refractivity contribution is 6.05. The van der Waals surface area contributed by atoms with Crippen molar-refractivity contribution in [3.63, 3.8) is 0 Å². The minimum absolute atomic E-state index is 0.0242. The third-order valence-corrected chi connectivity index (χ3v) is 5.64. The highest BCUT2D eigenvalue weighted by atomic mass is 19.1. The van der Waals surface area contributed by atoms with Crippen molar-refractivity contribution >= 4 is 28.4 Å². The number of benzene rings is 2. The Morgan fingerprint density at radius 3 is 2.59 bits per heavy atom. The van der Waals surface area contributed by atoms with E-state index in [1.54, 1.807) is 19.2 Å². The molecule has 0 radical (unpaired) electrons. The lowest BCUT2D eigenvalue weighted by molar-refractivity contribution is 0.102. The number of nitrogens with two attached hydrogens (primary N) is 1. The predicted molar refractivity (Wildman–Crippen MR) is 134 cm³/mol. The van der Waals surface area contributed by atoms with Gasteiger partial charge in [0.25, 0.3) is 11.5 Å². The van der Waals surface area contributed by atoms with Crippen LogP contribution in [0.25, 0.3) is 16.7 Å². The summed E-state index contributed by atoms with van der Waals surface area (Å²) in [5.41, 5.74) is 6.43. The minimum Gasteiger partial charge on any atom is -0.486 e. The average Bonchev–Trinajstić information content (AvgIpc) is 3.24. The van der Waals surface area contributed by atoms with Gasteiger partial charge in [-0.3, -0.25) is 18.8 Å². The predicted octanol–water partition coefficient (Wildman–Crippen LogP) is 3.81. The zero-order valence-corrected chi connectivity index (χ0v) is 19.5. The molecule has 2 aromatic carbocycles. The van der Waals surface area contributed by atoms with Crippen LogP contribution in [-0.4, -0.2) is 25.2 Å². The van der Waals surface area contributed by atoms with Gasteiger partial charge >= 0.3 is 0 Å². The van der Waals surface area contributed by atoms with Crippen LogP contribution in [0.5, 0.6) is 5.75 Å². The molecule has 3 aromatic heterocycles. The van der Waals surface area contributed by atoms with Crippen molar-refractivity contribution < 1.29 is 18.3 Å². The van der Waals surface area contributed by atoms with Crippen LogP contribution in [0.2, 0.25) is 0 Å². The largest absolute Gasteiger partial charge is 0.486 e. The second kappa shape index (κ2) is 9.53. The summed E-state index contributed by atoms with van der Waals surface area (Å²) in [4.78, 5) is 30.3. The summed E-state index contributed by atoms with van der Waals surface area (Å²) >= 11 is 0. The number of nitrogens with one attached hydrogen (secondary N) is 1. The molecule has 5 aromatic rings. The van der Waals surface area contributed by atoms with Crippen molar-refractivity contribution in [1.82, 2.24) is 19.3 Å². The molecule has 37 heavy (non-hydrogen) atoms. The molecule has 0 atom stereocenters. The second-order valence-corrected chi connectivity index (χ2v) is 8.20. The van der Waals surface area contributed by atoms with Crippen LogP contribution < -0.4 is 21.3 Å². The van der Waals surface area contributed by atoms with E-state index in [9.17, 15) is 18.4 Å². The van der Waals surface area contributed by atoms with E-state index in [0.717, 1.165) is 6.07 Å². The number of amides is 1. The van der Waals surface area contributed by atoms with E-state index in [1.165, 1.54) is 64.1 Å². The molecule has 0 saturated carbocycles. The third kappa shape index (κ3) is 4.74. The number of aromatic nitrogens is 4. The lowest BCUT2D eigenvalue weighted by atomic mass is 10.2. The molecule has 0 fully saturated rings. The Morgan fingerprint density at radius 2 is 1.86 bits per heavy atom. The Labute approximate surface area is 208 Å². The van der Waals surface area contributed by atoms with Crippen LogP contribution in [0.15, 0.2) is 77.9 Å². The van der Waals surface area contributed by atoms with E-state index >= 15 is 0 Å². The van der Waals surface area contributed by atoms with Crippen molar-refractivity contribution in [2.75, 3.05) is 11.1 Å². The van der Waals surface area contributed by atoms with Gasteiger partial charge in [0, 0.05) is 30.4 Å². The van der Waals surface area contributed by atoms with Crippen LogP contribution in [0, 0.1) is 11.6 Å². The number of carbonyl (C=O) groups is 1. The molecule has 0 unspecified atom stereocenters. The van der Waals surface area contributed by atoms with E-state index in [4.69, 9.17) is 10.5 Å². The van der Waals surface area contributed by atoms with Gasteiger partial charge in [0.2, 0.25) is 0 Å². The van der Waals surface area contributed by atoms with Gasteiger partial charge in [-0.2, -0.15) is 5.10 Å². The number of rotatable bonds is 6. The first-order chi connectivity index (χ1) is 17.8. The number of pyridine rings is 2. The summed E-state index contributed by atoms with van der Waals surface area (Å²) in [7, 11) is 1.65. The molecule has 0 bridgehead atoms. The molecule has 0 spiro atoms. The molecule has 3 heterocycles. The molecule has 0 aliphatic rings. The summed E-state index contributed by atoms with van der Waals surface area (Å²) in [6, 6.07) is 13.9. The summed E-state index contributed by atoms with van der Waals surface area (Å²) in [6.07, 6.45) is 3.03. The van der Waals surface area contributed by atoms with E-state index in [-0.39, 0.29) is 23.6 Å². The topological polar surface area (TPSA) is 117 Å². The van der Waals surface area contributed by atoms with Crippen LogP contribution >= 0.6 is 0 Å². The summed E-state index contributed by atoms with van der Waals surface area (Å²) < 4.78 is 36.4. The first-order valence-electron chi connectivity index (χ1n) is 11.1. The number of halogens is 2. The van der Waals surface area contributed by atoms with Gasteiger partial charge in [-0.1, -0.05) is 0 Å². The fraction of sp³-hybridized carbons (Fsp3) is 0.0769. The molecule has 0 aliphatic heterocycles. The number of nitrogens with zero attached hydrogens (tertiary/aromatic N) is 4. The number of carbonyl (C=O) groups excluding carboxylic acids is 1. The lowest BCUT2D eigenvalue weighted by Gasteiger charge is -2.13. The van der Waals surface area contributed by atoms with Gasteiger partial charge in [0.05, 0.1) is 11.9 Å². The monoisotopic (exact) mass is 502 g/mol. The molecule has 0 saturated heterocycles. The zero-order chi connectivity index (χ0) is 26.1. The molecule has 3 N–H and O–H groups in total. The van der Waals surface area contributed by atoms with E-state index < -0.39 is 23.1 Å².